The van der Waals surface area contributed by atoms with Gasteiger partial charge in [-0.3, -0.25) is 9.69 Å². The Morgan fingerprint density at radius 1 is 1.08 bits per heavy atom. The monoisotopic (exact) mass is 665 g/mol. The van der Waals surface area contributed by atoms with Crippen LogP contribution in [0.4, 0.5) is 4.79 Å². The second-order valence-electron chi connectivity index (χ2n) is 15.0. The first kappa shape index (κ1) is 35.1. The maximum Gasteiger partial charge on any atom is 0.415 e. The minimum absolute atomic E-state index is 0.00124. The van der Waals surface area contributed by atoms with Crippen LogP contribution in [0.25, 0.3) is 0 Å². The highest BCUT2D eigenvalue weighted by atomic mass is 16.7. The Bertz CT molecular complexity index is 1320. The lowest BCUT2D eigenvalue weighted by Gasteiger charge is -2.44. The Labute approximate surface area is 286 Å². The number of nitrogens with zero attached hydrogens (tertiary/aromatic N) is 2. The number of amides is 2. The van der Waals surface area contributed by atoms with Crippen LogP contribution in [0.3, 0.4) is 0 Å². The number of piperazine rings is 1. The Morgan fingerprint density at radius 2 is 1.83 bits per heavy atom. The molecule has 0 radical (unpaired) electrons. The first-order chi connectivity index (χ1) is 23.1. The van der Waals surface area contributed by atoms with E-state index in [-0.39, 0.29) is 47.3 Å². The van der Waals surface area contributed by atoms with Crippen molar-refractivity contribution in [1.82, 2.24) is 15.1 Å². The van der Waals surface area contributed by atoms with E-state index in [9.17, 15) is 9.59 Å². The Morgan fingerprint density at radius 3 is 2.56 bits per heavy atom. The quantitative estimate of drug-likeness (QED) is 0.253. The molecule has 5 aliphatic rings. The fraction of sp³-hybridized carbons (Fsp3) is 0.684. The van der Waals surface area contributed by atoms with Gasteiger partial charge in [-0.15, -0.1) is 0 Å². The van der Waals surface area contributed by atoms with Gasteiger partial charge >= 0.3 is 6.09 Å². The lowest BCUT2D eigenvalue weighted by Crippen LogP contribution is -2.58. The van der Waals surface area contributed by atoms with Gasteiger partial charge in [0.05, 0.1) is 48.7 Å². The summed E-state index contributed by atoms with van der Waals surface area (Å²) in [5.41, 5.74) is 1.24. The smallest absolute Gasteiger partial charge is 0.409 e. The summed E-state index contributed by atoms with van der Waals surface area (Å²) < 4.78 is 29.8. The minimum atomic E-state index is -0.397. The number of hydrogen-bond acceptors (Lipinski definition) is 8. The number of allylic oxidation sites excluding steroid dienone is 2. The van der Waals surface area contributed by atoms with E-state index in [0.717, 1.165) is 44.5 Å². The highest BCUT2D eigenvalue weighted by Gasteiger charge is 2.53. The standard InChI is InChI=1S/C38H55N3O7/c1-5-29-22-40(30-11-7-6-8-12-30)19-20-41(29)36(43)47-33-14-10-9-13-32(33)35(42)39-28-23-44-34(45-24-28)18-16-27(2)15-17-31-21-38(26-46-38)25-37(3,4)48-31/h9-10,13-17,28-31,34H,5-8,11-12,18-26H2,1-4H3,(H,39,42)/b17-15+,27-16+/t28?,29-,31+,34?,38-/m1/s1. The molecule has 5 fully saturated rings. The molecule has 6 rings (SSSR count). The zero-order valence-corrected chi connectivity index (χ0v) is 29.3. The predicted molar refractivity (Wildman–Crippen MR) is 183 cm³/mol. The summed E-state index contributed by atoms with van der Waals surface area (Å²) in [6.45, 7) is 12.3. The van der Waals surface area contributed by atoms with Gasteiger partial charge in [-0.2, -0.15) is 0 Å². The van der Waals surface area contributed by atoms with Crippen molar-refractivity contribution >= 4 is 12.0 Å². The Kier molecular flexibility index (Phi) is 11.3. The lowest BCUT2D eigenvalue weighted by molar-refractivity contribution is -0.185. The van der Waals surface area contributed by atoms with Crippen LogP contribution >= 0.6 is 0 Å². The van der Waals surface area contributed by atoms with E-state index >= 15 is 0 Å². The van der Waals surface area contributed by atoms with Crippen LogP contribution in [0.2, 0.25) is 0 Å². The number of epoxide rings is 1. The number of nitrogens with one attached hydrogen (secondary N) is 1. The molecule has 3 atom stereocenters. The second-order valence-corrected chi connectivity index (χ2v) is 15.0. The van der Waals surface area contributed by atoms with Crippen LogP contribution in [0, 0.1) is 0 Å². The SMILES string of the molecule is CC[C@@H]1CN(C2CCCCC2)CCN1C(=O)Oc1ccccc1C(=O)NC1COC(C/C=C(C)/C=C/[C@H]2C[C@]3(CO3)CC(C)(C)O2)OC1. The summed E-state index contributed by atoms with van der Waals surface area (Å²) in [6, 6.07) is 7.32. The van der Waals surface area contributed by atoms with Crippen LogP contribution in [0.1, 0.15) is 95.8 Å². The molecule has 1 aliphatic carbocycles. The molecule has 1 aromatic carbocycles. The van der Waals surface area contributed by atoms with Gasteiger partial charge in [0.2, 0.25) is 0 Å². The van der Waals surface area contributed by atoms with E-state index in [1.54, 1.807) is 24.3 Å². The Hall–Kier alpha value is -2.76. The number of rotatable bonds is 9. The van der Waals surface area contributed by atoms with E-state index in [0.29, 0.717) is 37.8 Å². The second kappa shape index (κ2) is 15.4. The average molecular weight is 666 g/mol. The van der Waals surface area contributed by atoms with Crippen molar-refractivity contribution in [2.24, 2.45) is 0 Å². The van der Waals surface area contributed by atoms with Crippen LogP contribution in [0.15, 0.2) is 48.1 Å². The molecule has 1 N–H and O–H groups in total. The number of para-hydroxylation sites is 1. The number of carbonyl (C=O) groups is 2. The molecular weight excluding hydrogens is 610 g/mol. The van der Waals surface area contributed by atoms with Gasteiger partial charge in [0.15, 0.2) is 6.29 Å². The predicted octanol–water partition coefficient (Wildman–Crippen LogP) is 6.00. The fourth-order valence-corrected chi connectivity index (χ4v) is 7.92. The van der Waals surface area contributed by atoms with E-state index in [2.05, 4.69) is 56.1 Å². The molecule has 4 aliphatic heterocycles. The summed E-state index contributed by atoms with van der Waals surface area (Å²) in [5, 5.41) is 3.00. The maximum absolute atomic E-state index is 13.4. The molecule has 1 spiro atoms. The van der Waals surface area contributed by atoms with E-state index in [1.807, 2.05) is 4.90 Å². The summed E-state index contributed by atoms with van der Waals surface area (Å²) >= 11 is 0. The van der Waals surface area contributed by atoms with Crippen molar-refractivity contribution < 1.29 is 33.3 Å². The molecule has 4 saturated heterocycles. The fourth-order valence-electron chi connectivity index (χ4n) is 7.92. The average Bonchev–Trinajstić information content (AvgIpc) is 3.83. The number of hydrogen-bond donors (Lipinski definition) is 1. The Balaban J connectivity index is 0.955. The van der Waals surface area contributed by atoms with Gasteiger partial charge < -0.3 is 33.9 Å². The topological polar surface area (TPSA) is 102 Å². The number of benzene rings is 1. The van der Waals surface area contributed by atoms with Crippen molar-refractivity contribution in [3.8, 4) is 5.75 Å². The van der Waals surface area contributed by atoms with Crippen molar-refractivity contribution in [3.05, 3.63) is 53.6 Å². The third-order valence-electron chi connectivity index (χ3n) is 10.5. The molecule has 48 heavy (non-hydrogen) atoms. The zero-order chi connectivity index (χ0) is 33.7. The van der Waals surface area contributed by atoms with Crippen LogP contribution in [-0.2, 0) is 18.9 Å². The van der Waals surface area contributed by atoms with Crippen LogP contribution < -0.4 is 10.1 Å². The summed E-state index contributed by atoms with van der Waals surface area (Å²) in [4.78, 5) is 31.2. The van der Waals surface area contributed by atoms with Crippen molar-refractivity contribution in [2.75, 3.05) is 39.5 Å². The molecular formula is C38H55N3O7. The molecule has 1 saturated carbocycles. The molecule has 10 heteroatoms. The van der Waals surface area contributed by atoms with Gasteiger partial charge in [0, 0.05) is 51.0 Å². The van der Waals surface area contributed by atoms with Crippen LogP contribution in [-0.4, -0.2) is 103 Å². The van der Waals surface area contributed by atoms with Crippen molar-refractivity contribution in [3.63, 3.8) is 0 Å². The van der Waals surface area contributed by atoms with Gasteiger partial charge in [0.25, 0.3) is 5.91 Å². The summed E-state index contributed by atoms with van der Waals surface area (Å²) in [5.74, 6) is -0.0636. The minimum Gasteiger partial charge on any atom is -0.409 e. The molecule has 0 unspecified atom stereocenters. The first-order valence-electron chi connectivity index (χ1n) is 18.1. The van der Waals surface area contributed by atoms with E-state index in [1.165, 1.54) is 32.1 Å². The normalized spacial score (nSPS) is 31.6. The van der Waals surface area contributed by atoms with Crippen molar-refractivity contribution in [1.29, 1.82) is 0 Å². The van der Waals surface area contributed by atoms with Gasteiger partial charge in [0.1, 0.15) is 5.75 Å². The van der Waals surface area contributed by atoms with Gasteiger partial charge in [-0.25, -0.2) is 4.79 Å². The number of ether oxygens (including phenoxy) is 5. The highest BCUT2D eigenvalue weighted by Crippen LogP contribution is 2.46. The van der Waals surface area contributed by atoms with E-state index in [4.69, 9.17) is 23.7 Å². The van der Waals surface area contributed by atoms with Crippen molar-refractivity contribution in [2.45, 2.75) is 127 Å². The molecule has 0 aromatic heterocycles. The summed E-state index contributed by atoms with van der Waals surface area (Å²) in [7, 11) is 0. The highest BCUT2D eigenvalue weighted by molar-refractivity contribution is 5.97. The van der Waals surface area contributed by atoms with Gasteiger partial charge in [-0.1, -0.05) is 62.1 Å². The van der Waals surface area contributed by atoms with Crippen LogP contribution in [0.5, 0.6) is 5.75 Å². The summed E-state index contributed by atoms with van der Waals surface area (Å²) in [6.07, 6.45) is 15.3. The van der Waals surface area contributed by atoms with E-state index < -0.39 is 6.09 Å². The molecule has 1 aromatic rings. The molecule has 10 nitrogen and oxygen atoms in total. The zero-order valence-electron chi connectivity index (χ0n) is 29.3. The third kappa shape index (κ3) is 9.07. The largest absolute Gasteiger partial charge is 0.415 e. The molecule has 0 bridgehead atoms. The number of carbonyl (C=O) groups excluding carboxylic acids is 2. The van der Waals surface area contributed by atoms with Gasteiger partial charge in [-0.05, 0) is 52.2 Å². The third-order valence-corrected chi connectivity index (χ3v) is 10.5. The first-order valence-corrected chi connectivity index (χ1v) is 18.1. The molecule has 4 heterocycles. The molecule has 2 amide bonds. The molecule has 264 valence electrons. The maximum atomic E-state index is 13.4. The lowest BCUT2D eigenvalue weighted by atomic mass is 9.85.